The highest BCUT2D eigenvalue weighted by Gasteiger charge is 2.52. The van der Waals surface area contributed by atoms with E-state index in [9.17, 15) is 19.5 Å². The molecule has 2 aliphatic heterocycles. The molecule has 0 aliphatic carbocycles. The summed E-state index contributed by atoms with van der Waals surface area (Å²) >= 11 is 3.81. The minimum atomic E-state index is -1.48. The maximum atomic E-state index is 12.8. The first kappa shape index (κ1) is 26.6. The number of hydrazine groups is 1. The fourth-order valence-electron chi connectivity index (χ4n) is 3.44. The smallest absolute Gasteiger partial charge is 0.384 e. The Hall–Kier alpha value is -3.45. The Morgan fingerprint density at radius 2 is 2.30 bits per heavy atom. The van der Waals surface area contributed by atoms with Crippen LogP contribution >= 0.6 is 34.9 Å². The minimum Gasteiger partial charge on any atom is -0.543 e. The summed E-state index contributed by atoms with van der Waals surface area (Å²) in [6.45, 7) is 0.0578. The topological polar surface area (TPSA) is 222 Å². The molecule has 196 valence electrons. The number of nitrogen functional groups attached to an aromatic ring is 1. The van der Waals surface area contributed by atoms with Crippen LogP contribution in [0, 0.1) is 0 Å². The second kappa shape index (κ2) is 11.7. The number of amides is 2. The van der Waals surface area contributed by atoms with Crippen molar-refractivity contribution in [2.24, 2.45) is 16.7 Å². The number of hydrogen-bond acceptors (Lipinski definition) is 15. The van der Waals surface area contributed by atoms with Crippen molar-refractivity contribution in [3.05, 3.63) is 40.8 Å². The number of carbonyl (C=O) groups is 3. The standard InChI is InChI=1S/C19H22N10O5S3/c20-9-28(22)27-3-1-2-23-19(27)37-7-10-6-35-16-13(15(31)29(16)14(10)17(32)33)26-12(30)4-24-34-5-11-8-36-18(21)25-11/h1-4,8,13,16H,5-7,9,20,22H2,(H3-,21,25,26,30,32,33)/b24-4-. The van der Waals surface area contributed by atoms with Crippen molar-refractivity contribution in [3.8, 4) is 0 Å². The molecule has 2 amide bonds. The van der Waals surface area contributed by atoms with Crippen LogP contribution < -0.4 is 37.5 Å². The summed E-state index contributed by atoms with van der Waals surface area (Å²) in [5.74, 6) is 3.67. The van der Waals surface area contributed by atoms with Crippen LogP contribution in [0.5, 0.6) is 0 Å². The Morgan fingerprint density at radius 1 is 1.49 bits per heavy atom. The van der Waals surface area contributed by atoms with Crippen LogP contribution in [0.2, 0.25) is 0 Å². The highest BCUT2D eigenvalue weighted by molar-refractivity contribution is 8.01. The Bertz CT molecular complexity index is 1250. The molecule has 0 bridgehead atoms. The number of aromatic nitrogens is 3. The Balaban J connectivity index is 1.37. The lowest BCUT2D eigenvalue weighted by Gasteiger charge is -2.50. The molecule has 0 aromatic carbocycles. The number of aliphatic carboxylic acids is 1. The van der Waals surface area contributed by atoms with Gasteiger partial charge < -0.3 is 31.5 Å². The van der Waals surface area contributed by atoms with Gasteiger partial charge in [0.05, 0.1) is 17.4 Å². The van der Waals surface area contributed by atoms with Gasteiger partial charge in [0.1, 0.15) is 36.7 Å². The number of carboxylic acid groups (broad SMARTS) is 1. The molecule has 2 aromatic heterocycles. The van der Waals surface area contributed by atoms with Crippen molar-refractivity contribution in [1.29, 1.82) is 0 Å². The van der Waals surface area contributed by atoms with E-state index in [0.29, 0.717) is 27.3 Å². The Labute approximate surface area is 222 Å². The highest BCUT2D eigenvalue weighted by Crippen LogP contribution is 2.41. The molecule has 0 spiro atoms. The zero-order valence-electron chi connectivity index (χ0n) is 19.1. The van der Waals surface area contributed by atoms with Gasteiger partial charge >= 0.3 is 5.16 Å². The van der Waals surface area contributed by atoms with Crippen LogP contribution in [0.25, 0.3) is 0 Å². The highest BCUT2D eigenvalue weighted by atomic mass is 32.2. The van der Waals surface area contributed by atoms with Crippen molar-refractivity contribution in [3.63, 3.8) is 0 Å². The van der Waals surface area contributed by atoms with Gasteiger partial charge in [0.2, 0.25) is 0 Å². The van der Waals surface area contributed by atoms with E-state index in [1.165, 1.54) is 44.7 Å². The zero-order chi connectivity index (χ0) is 26.5. The number of nitrogens with zero attached hydrogens (tertiary/aromatic N) is 6. The van der Waals surface area contributed by atoms with Crippen molar-refractivity contribution >= 4 is 64.0 Å². The molecule has 2 unspecified atom stereocenters. The number of β-lactam (4-membered cyclic amide) rings is 1. The van der Waals surface area contributed by atoms with E-state index in [0.717, 1.165) is 11.1 Å². The zero-order valence-corrected chi connectivity index (χ0v) is 21.5. The van der Waals surface area contributed by atoms with Gasteiger partial charge in [-0.3, -0.25) is 14.5 Å². The normalized spacial score (nSPS) is 19.0. The summed E-state index contributed by atoms with van der Waals surface area (Å²) in [6, 6.07) is 0.757. The van der Waals surface area contributed by atoms with Crippen molar-refractivity contribution in [1.82, 2.24) is 20.2 Å². The van der Waals surface area contributed by atoms with Gasteiger partial charge in [-0.25, -0.2) is 10.8 Å². The number of carbonyl (C=O) groups excluding carboxylic acids is 3. The summed E-state index contributed by atoms with van der Waals surface area (Å²) in [6.07, 6.45) is 4.12. The van der Waals surface area contributed by atoms with E-state index in [4.69, 9.17) is 22.1 Å². The number of rotatable bonds is 11. The predicted octanol–water partition coefficient (Wildman–Crippen LogP) is -3.17. The van der Waals surface area contributed by atoms with Crippen molar-refractivity contribution in [2.45, 2.75) is 23.2 Å². The second-order valence-electron chi connectivity index (χ2n) is 7.48. The Morgan fingerprint density at radius 3 is 3.00 bits per heavy atom. The van der Waals surface area contributed by atoms with Crippen molar-refractivity contribution < 1.29 is 29.0 Å². The molecule has 37 heavy (non-hydrogen) atoms. The molecule has 0 radical (unpaired) electrons. The van der Waals surface area contributed by atoms with Crippen LogP contribution in [0.15, 0.2) is 45.4 Å². The number of thiazole rings is 1. The first-order chi connectivity index (χ1) is 17.8. The third kappa shape index (κ3) is 5.93. The number of oxime groups is 1. The van der Waals surface area contributed by atoms with Gasteiger partial charge in [0.15, 0.2) is 11.7 Å². The number of carboxylic acids is 1. The third-order valence-corrected chi connectivity index (χ3v) is 8.20. The van der Waals surface area contributed by atoms with E-state index in [1.807, 2.05) is 0 Å². The maximum absolute atomic E-state index is 12.8. The van der Waals surface area contributed by atoms with Crippen LogP contribution in [0.3, 0.4) is 0 Å². The van der Waals surface area contributed by atoms with Gasteiger partial charge in [0, 0.05) is 23.0 Å². The van der Waals surface area contributed by atoms with Gasteiger partial charge in [-0.1, -0.05) is 5.16 Å². The van der Waals surface area contributed by atoms with E-state index >= 15 is 0 Å². The summed E-state index contributed by atoms with van der Waals surface area (Å²) in [5.41, 5.74) is 12.0. The molecule has 1 saturated heterocycles. The molecule has 0 saturated carbocycles. The quantitative estimate of drug-likeness (QED) is 0.0308. The van der Waals surface area contributed by atoms with Gasteiger partial charge in [-0.05, 0) is 22.3 Å². The molecule has 15 nitrogen and oxygen atoms in total. The third-order valence-electron chi connectivity index (χ3n) is 5.10. The van der Waals surface area contributed by atoms with Crippen LogP contribution in [-0.4, -0.2) is 68.5 Å². The molecule has 7 N–H and O–H groups in total. The summed E-state index contributed by atoms with van der Waals surface area (Å²) in [7, 11) is 0. The van der Waals surface area contributed by atoms with Crippen LogP contribution in [-0.2, 0) is 25.8 Å². The average Bonchev–Trinajstić information content (AvgIpc) is 3.32. The molecule has 4 heterocycles. The van der Waals surface area contributed by atoms with Gasteiger partial charge in [-0.2, -0.15) is 5.12 Å². The molecule has 2 atom stereocenters. The predicted molar refractivity (Wildman–Crippen MR) is 133 cm³/mol. The number of hydrogen-bond donors (Lipinski definition) is 4. The lowest BCUT2D eigenvalue weighted by molar-refractivity contribution is -0.734. The Kier molecular flexibility index (Phi) is 8.44. The van der Waals surface area contributed by atoms with Crippen LogP contribution in [0.4, 0.5) is 5.13 Å². The first-order valence-corrected chi connectivity index (χ1v) is 13.5. The fraction of sp³-hybridized carbons (Fsp3) is 0.316. The van der Waals surface area contributed by atoms with Crippen molar-refractivity contribution in [2.75, 3.05) is 29.0 Å². The summed E-state index contributed by atoms with van der Waals surface area (Å²) < 4.78 is 1.53. The van der Waals surface area contributed by atoms with E-state index in [-0.39, 0.29) is 24.7 Å². The van der Waals surface area contributed by atoms with E-state index in [1.54, 1.807) is 23.8 Å². The molecule has 2 aliphatic rings. The second-order valence-corrected chi connectivity index (χ2v) is 10.4. The van der Waals surface area contributed by atoms with Gasteiger partial charge in [0.25, 0.3) is 11.8 Å². The first-order valence-electron chi connectivity index (χ1n) is 10.6. The number of nitrogens with two attached hydrogens (primary N) is 3. The van der Waals surface area contributed by atoms with E-state index in [2.05, 4.69) is 20.4 Å². The number of anilines is 1. The van der Waals surface area contributed by atoms with Crippen LogP contribution in [0.1, 0.15) is 5.69 Å². The molecular formula is C19H22N10O5S3. The summed E-state index contributed by atoms with van der Waals surface area (Å²) in [5, 5.41) is 21.3. The molecule has 4 rings (SSSR count). The lowest BCUT2D eigenvalue weighted by Crippen LogP contribution is -2.71. The molecule has 1 fully saturated rings. The fourth-order valence-corrected chi connectivity index (χ4v) is 6.44. The monoisotopic (exact) mass is 566 g/mol. The number of nitrogens with one attached hydrogen (secondary N) is 1. The maximum Gasteiger partial charge on any atom is 0.384 e. The number of fused-ring (bicyclic) bond motifs is 1. The number of thioether (sulfide) groups is 2. The minimum absolute atomic E-state index is 0.0285. The summed E-state index contributed by atoms with van der Waals surface area (Å²) in [4.78, 5) is 51.3. The lowest BCUT2D eigenvalue weighted by atomic mass is 10.0. The molecule has 18 heteroatoms. The average molecular weight is 567 g/mol. The molecule has 2 aromatic rings. The van der Waals surface area contributed by atoms with E-state index < -0.39 is 29.2 Å². The largest absolute Gasteiger partial charge is 0.543 e. The SMILES string of the molecule is NCN(N)[n+]1cccnc1SCC1=C(C(=O)[O-])N2C(=O)C(NC(=O)/C=N\OCc3csc(N)n3)C2SC1. The van der Waals surface area contributed by atoms with Gasteiger partial charge in [-0.15, -0.1) is 27.8 Å². The molecular weight excluding hydrogens is 544 g/mol.